The fourth-order valence-electron chi connectivity index (χ4n) is 11.6. The first-order valence-electron chi connectivity index (χ1n) is 26.4. The van der Waals surface area contributed by atoms with E-state index >= 15 is 0 Å². The first-order valence-corrected chi connectivity index (χ1v) is 30.5. The fraction of sp³-hybridized carbons (Fsp3) is 0.345. The highest BCUT2D eigenvalue weighted by Gasteiger charge is 2.44. The van der Waals surface area contributed by atoms with E-state index in [4.69, 9.17) is 24.4 Å². The standard InChI is InChI=1S/C58H58N8O8S6/c1-9-25-63-49(67)43(77-53(63)47-51(69)61(7)55(75)79-47)19-21-45-57(3,39-29-33-15-17-37(65(71)72)27-35(33)31-41(39)59(45)5)23-13-11-12-14-24-58(4)40-30-34-16-18-38(66(73)74)28-36(34)32-42(40)60(6)46(58)22-20-44-50(68)64(26-10-2)54(78-44)48-52(70)62(8)56(76)80-48/h15-22,27-32H,9-14,23-26H2,1-8H3/b43-19?,44-20?,45-21?,46-22?,53-47-,54-48-. The van der Waals surface area contributed by atoms with Crippen LogP contribution in [0.3, 0.4) is 0 Å². The minimum absolute atomic E-state index is 0.0105. The molecule has 0 bridgehead atoms. The van der Waals surface area contributed by atoms with Gasteiger partial charge >= 0.3 is 0 Å². The molecule has 2 aromatic heterocycles. The second-order valence-corrected chi connectivity index (χ2v) is 26.4. The molecule has 6 aromatic rings. The van der Waals surface area contributed by atoms with Gasteiger partial charge < -0.3 is 9.80 Å². The maximum absolute atomic E-state index is 14.1. The van der Waals surface area contributed by atoms with E-state index in [0.717, 1.165) is 94.0 Å². The largest absolute Gasteiger partial charge is 0.347 e. The zero-order valence-electron chi connectivity index (χ0n) is 45.4. The van der Waals surface area contributed by atoms with Gasteiger partial charge in [0.1, 0.15) is 27.8 Å². The average Bonchev–Trinajstić information content (AvgIpc) is 4.23. The summed E-state index contributed by atoms with van der Waals surface area (Å²) in [5.41, 5.74) is 4.58. The Morgan fingerprint density at radius 1 is 0.537 bits per heavy atom. The lowest BCUT2D eigenvalue weighted by Crippen LogP contribution is -2.33. The van der Waals surface area contributed by atoms with Gasteiger partial charge in [0.25, 0.3) is 34.3 Å². The number of thiazole rings is 2. The number of rotatable bonds is 15. The van der Waals surface area contributed by atoms with Crippen molar-refractivity contribution >= 4 is 157 Å². The Morgan fingerprint density at radius 3 is 1.26 bits per heavy atom. The number of nitrogens with zero attached hydrogens (tertiary/aromatic N) is 8. The first kappa shape index (κ1) is 56.7. The van der Waals surface area contributed by atoms with E-state index in [2.05, 4.69) is 35.8 Å². The molecule has 0 radical (unpaired) electrons. The molecule has 6 heterocycles. The lowest BCUT2D eigenvalue weighted by atomic mass is 9.75. The van der Waals surface area contributed by atoms with Crippen LogP contribution in [0, 0.1) is 20.2 Å². The number of likely N-dealkylation sites (N-methyl/N-ethyl adjacent to an activating group) is 2. The molecule has 4 aromatic carbocycles. The fourth-order valence-corrected chi connectivity index (χ4v) is 16.4. The number of unbranched alkanes of at least 4 members (excludes halogenated alkanes) is 3. The Labute approximate surface area is 488 Å². The molecule has 0 N–H and O–H groups in total. The van der Waals surface area contributed by atoms with Crippen molar-refractivity contribution < 1.29 is 19.4 Å². The lowest BCUT2D eigenvalue weighted by Gasteiger charge is -2.30. The summed E-state index contributed by atoms with van der Waals surface area (Å²) in [6.07, 6.45) is 14.2. The summed E-state index contributed by atoms with van der Waals surface area (Å²) in [6.45, 7) is 9.33. The number of anilines is 2. The Balaban J connectivity index is 0.978. The number of thiocarbonyl (C=S) groups is 2. The van der Waals surface area contributed by atoms with Crippen LogP contribution in [0.1, 0.15) is 90.2 Å². The van der Waals surface area contributed by atoms with Crippen molar-refractivity contribution in [2.45, 2.75) is 103 Å². The van der Waals surface area contributed by atoms with Gasteiger partial charge in [-0.25, -0.2) is 0 Å². The number of nitro benzene ring substituents is 2. The number of thioether (sulfide) groups is 2. The van der Waals surface area contributed by atoms with Gasteiger partial charge in [0.2, 0.25) is 0 Å². The minimum Gasteiger partial charge on any atom is -0.347 e. The predicted molar refractivity (Wildman–Crippen MR) is 334 cm³/mol. The number of hydrogen-bond donors (Lipinski definition) is 0. The Morgan fingerprint density at radius 2 is 0.925 bits per heavy atom. The molecule has 4 aliphatic heterocycles. The number of non-ortho nitro benzene ring substituents is 2. The van der Waals surface area contributed by atoms with Crippen LogP contribution < -0.4 is 39.3 Å². The SMILES string of the molecule is CCCn1c(=O)c(=CC=C2N(C)c3cc4cc([N+](=O)[O-])ccc4cc3C2(C)CCCCCCC2(C)C(=CC=c3s/c(=C4\SC(=S)N(C)C4=O)n(CCC)c3=O)N(C)c3cc4cc([N+](=O)[O-])ccc4cc32)s/c1=C1\SC(=S)N(C)C1=O. The quantitative estimate of drug-likeness (QED) is 0.0411. The second-order valence-electron chi connectivity index (χ2n) is 21.0. The number of benzene rings is 4. The maximum Gasteiger partial charge on any atom is 0.270 e. The highest BCUT2D eigenvalue weighted by Crippen LogP contribution is 2.53. The molecule has 2 unspecified atom stereocenters. The van der Waals surface area contributed by atoms with Crippen LogP contribution in [0.2, 0.25) is 0 Å². The molecule has 414 valence electrons. The van der Waals surface area contributed by atoms with Crippen LogP contribution in [-0.4, -0.2) is 77.4 Å². The molecule has 0 aliphatic carbocycles. The third-order valence-electron chi connectivity index (χ3n) is 16.0. The summed E-state index contributed by atoms with van der Waals surface area (Å²) < 4.78 is 6.40. The molecule has 16 nitrogen and oxygen atoms in total. The van der Waals surface area contributed by atoms with E-state index in [0.29, 0.717) is 62.8 Å². The summed E-state index contributed by atoms with van der Waals surface area (Å²) in [4.78, 5) is 85.8. The average molecular weight is 1190 g/mol. The Hall–Kier alpha value is -6.56. The molecule has 2 fully saturated rings. The molecule has 10 rings (SSSR count). The number of fused-ring (bicyclic) bond motifs is 4. The zero-order valence-corrected chi connectivity index (χ0v) is 50.3. The molecule has 2 saturated heterocycles. The molecular weight excluding hydrogens is 1130 g/mol. The van der Waals surface area contributed by atoms with Gasteiger partial charge in [0.05, 0.1) is 18.9 Å². The van der Waals surface area contributed by atoms with Gasteiger partial charge in [-0.3, -0.25) is 58.3 Å². The van der Waals surface area contributed by atoms with Crippen molar-refractivity contribution in [3.05, 3.63) is 155 Å². The van der Waals surface area contributed by atoms with Gasteiger partial charge in [-0.15, -0.1) is 22.7 Å². The summed E-state index contributed by atoms with van der Waals surface area (Å²) in [5, 5.41) is 27.0. The number of carbonyl (C=O) groups excluding carboxylic acids is 2. The normalized spacial score (nSPS) is 22.1. The van der Waals surface area contributed by atoms with Gasteiger partial charge in [-0.2, -0.15) is 0 Å². The first-order chi connectivity index (χ1) is 38.1. The monoisotopic (exact) mass is 1190 g/mol. The molecule has 80 heavy (non-hydrogen) atoms. The third-order valence-corrected chi connectivity index (χ3v) is 21.6. The van der Waals surface area contributed by atoms with E-state index in [1.54, 1.807) is 47.5 Å². The van der Waals surface area contributed by atoms with Crippen LogP contribution in [0.25, 0.3) is 43.5 Å². The van der Waals surface area contributed by atoms with Crippen LogP contribution in [0.4, 0.5) is 22.7 Å². The third kappa shape index (κ3) is 9.77. The zero-order chi connectivity index (χ0) is 57.3. The molecular formula is C58H58N8O8S6. The van der Waals surface area contributed by atoms with E-state index in [9.17, 15) is 39.4 Å². The maximum atomic E-state index is 14.1. The van der Waals surface area contributed by atoms with Crippen LogP contribution >= 0.6 is 70.6 Å². The highest BCUT2D eigenvalue weighted by atomic mass is 32.2. The molecule has 2 atom stereocenters. The van der Waals surface area contributed by atoms with E-state index < -0.39 is 10.8 Å². The summed E-state index contributed by atoms with van der Waals surface area (Å²) in [5.74, 6) is -0.453. The van der Waals surface area contributed by atoms with E-state index in [1.807, 2.05) is 64.4 Å². The van der Waals surface area contributed by atoms with Crippen LogP contribution in [-0.2, 0) is 33.5 Å². The number of carbonyl (C=O) groups is 2. The second kappa shape index (κ2) is 22.1. The van der Waals surface area contributed by atoms with Gasteiger partial charge in [0.15, 0.2) is 0 Å². The van der Waals surface area contributed by atoms with Gasteiger partial charge in [-0.1, -0.05) is 87.5 Å². The summed E-state index contributed by atoms with van der Waals surface area (Å²) >= 11 is 15.9. The number of nitro groups is 2. The highest BCUT2D eigenvalue weighted by molar-refractivity contribution is 8.30. The number of hydrogen-bond acceptors (Lipinski definition) is 16. The number of allylic oxidation sites excluding steroid dienone is 4. The molecule has 2 amide bonds. The number of amides is 2. The lowest BCUT2D eigenvalue weighted by molar-refractivity contribution is -0.384. The summed E-state index contributed by atoms with van der Waals surface area (Å²) in [6, 6.07) is 18.2. The predicted octanol–water partition coefficient (Wildman–Crippen LogP) is 9.46. The Kier molecular flexibility index (Phi) is 15.6. The minimum atomic E-state index is -0.525. The van der Waals surface area contributed by atoms with Crippen molar-refractivity contribution in [1.82, 2.24) is 18.9 Å². The summed E-state index contributed by atoms with van der Waals surface area (Å²) in [7, 11) is 7.27. The number of aromatic nitrogens is 2. The molecule has 4 aliphatic rings. The van der Waals surface area contributed by atoms with Crippen molar-refractivity contribution in [2.24, 2.45) is 0 Å². The molecule has 0 spiro atoms. The van der Waals surface area contributed by atoms with E-state index in [1.165, 1.54) is 68.1 Å². The Bertz CT molecular complexity index is 3910. The van der Waals surface area contributed by atoms with Crippen LogP contribution in [0.15, 0.2) is 93.8 Å². The smallest absolute Gasteiger partial charge is 0.270 e. The van der Waals surface area contributed by atoms with Crippen molar-refractivity contribution in [3.63, 3.8) is 0 Å². The van der Waals surface area contributed by atoms with E-state index in [-0.39, 0.29) is 44.2 Å². The van der Waals surface area contributed by atoms with Crippen LogP contribution in [0.5, 0.6) is 0 Å². The molecule has 22 heteroatoms. The van der Waals surface area contributed by atoms with Gasteiger partial charge in [0, 0.05) is 99.1 Å². The van der Waals surface area contributed by atoms with Crippen molar-refractivity contribution in [1.29, 1.82) is 0 Å². The van der Waals surface area contributed by atoms with Gasteiger partial charge in [-0.05, 0) is 133 Å². The molecule has 0 saturated carbocycles. The topological polar surface area (TPSA) is 177 Å². The van der Waals surface area contributed by atoms with Crippen molar-refractivity contribution in [3.8, 4) is 0 Å². The van der Waals surface area contributed by atoms with Crippen molar-refractivity contribution in [2.75, 3.05) is 38.0 Å².